The first-order chi connectivity index (χ1) is 12.4. The molecular formula is C18H26F3N3O2. The van der Waals surface area contributed by atoms with Gasteiger partial charge in [-0.15, -0.1) is 0 Å². The molecule has 1 aliphatic rings. The molecule has 0 spiro atoms. The van der Waals surface area contributed by atoms with Crippen LogP contribution in [0.1, 0.15) is 30.4 Å². The number of hydrogen-bond acceptors (Lipinski definition) is 3. The molecule has 1 fully saturated rings. The first-order valence-electron chi connectivity index (χ1n) is 8.70. The number of methoxy groups -OCH3 is 1. The summed E-state index contributed by atoms with van der Waals surface area (Å²) in [5.74, 6) is 1.37. The number of ether oxygens (including phenoxy) is 2. The Morgan fingerprint density at radius 3 is 2.65 bits per heavy atom. The highest BCUT2D eigenvalue weighted by Crippen LogP contribution is 2.34. The molecule has 5 nitrogen and oxygen atoms in total. The lowest BCUT2D eigenvalue weighted by Gasteiger charge is -2.16. The smallest absolute Gasteiger partial charge is 0.416 e. The fourth-order valence-electron chi connectivity index (χ4n) is 2.42. The van der Waals surface area contributed by atoms with Crippen LogP contribution in [0.4, 0.5) is 13.2 Å². The van der Waals surface area contributed by atoms with Gasteiger partial charge in [-0.05, 0) is 42.9 Å². The molecule has 0 aromatic heterocycles. The predicted octanol–water partition coefficient (Wildman–Crippen LogP) is 3.20. The summed E-state index contributed by atoms with van der Waals surface area (Å²) in [6, 6.07) is 3.93. The zero-order valence-electron chi connectivity index (χ0n) is 15.2. The van der Waals surface area contributed by atoms with E-state index in [9.17, 15) is 13.2 Å². The van der Waals surface area contributed by atoms with Crippen molar-refractivity contribution in [3.63, 3.8) is 0 Å². The van der Waals surface area contributed by atoms with Gasteiger partial charge in [-0.3, -0.25) is 4.99 Å². The average Bonchev–Trinajstić information content (AvgIpc) is 3.44. The lowest BCUT2D eigenvalue weighted by atomic mass is 10.1. The van der Waals surface area contributed by atoms with E-state index in [1.807, 2.05) is 0 Å². The van der Waals surface area contributed by atoms with Crippen LogP contribution < -0.4 is 15.4 Å². The van der Waals surface area contributed by atoms with E-state index in [1.54, 1.807) is 7.05 Å². The van der Waals surface area contributed by atoms with Gasteiger partial charge in [0, 0.05) is 33.4 Å². The van der Waals surface area contributed by atoms with E-state index in [4.69, 9.17) is 9.47 Å². The molecule has 2 N–H and O–H groups in total. The summed E-state index contributed by atoms with van der Waals surface area (Å²) in [5.41, 5.74) is -0.581. The highest BCUT2D eigenvalue weighted by Gasteiger charge is 2.33. The van der Waals surface area contributed by atoms with Crippen LogP contribution in [-0.2, 0) is 17.5 Å². The summed E-state index contributed by atoms with van der Waals surface area (Å²) in [6.45, 7) is 2.14. The fraction of sp³-hybridized carbons (Fsp3) is 0.611. The number of nitrogens with zero attached hydrogens (tertiary/aromatic N) is 1. The Hall–Kier alpha value is -1.96. The van der Waals surface area contributed by atoms with Gasteiger partial charge in [0.05, 0.1) is 12.7 Å². The molecule has 146 valence electrons. The highest BCUT2D eigenvalue weighted by molar-refractivity contribution is 5.79. The van der Waals surface area contributed by atoms with Gasteiger partial charge < -0.3 is 20.1 Å². The standard InChI is InChI=1S/C18H26F3N3O2/c1-22-17(23-8-3-9-26-12-13-4-5-13)24-11-14-6-7-15(25-2)10-16(14)18(19,20)21/h6-7,10,13H,3-5,8-9,11-12H2,1-2H3,(H2,22,23,24). The molecular weight excluding hydrogens is 347 g/mol. The third kappa shape index (κ3) is 6.74. The number of aliphatic imine (C=N–C) groups is 1. The van der Waals surface area contributed by atoms with Crippen LogP contribution in [0.2, 0.25) is 0 Å². The van der Waals surface area contributed by atoms with E-state index < -0.39 is 11.7 Å². The van der Waals surface area contributed by atoms with Crippen molar-refractivity contribution in [3.8, 4) is 5.75 Å². The number of hydrogen-bond donors (Lipinski definition) is 2. The Balaban J connectivity index is 1.79. The molecule has 0 atom stereocenters. The fourth-order valence-corrected chi connectivity index (χ4v) is 2.42. The van der Waals surface area contributed by atoms with Gasteiger partial charge in [0.1, 0.15) is 5.75 Å². The minimum absolute atomic E-state index is 0.0106. The quantitative estimate of drug-likeness (QED) is 0.397. The molecule has 1 aliphatic carbocycles. The molecule has 1 aromatic carbocycles. The number of guanidine groups is 1. The summed E-state index contributed by atoms with van der Waals surface area (Å²) < 4.78 is 50.1. The summed E-state index contributed by atoms with van der Waals surface area (Å²) in [6.07, 6.45) is -1.11. The summed E-state index contributed by atoms with van der Waals surface area (Å²) >= 11 is 0. The molecule has 1 saturated carbocycles. The van der Waals surface area contributed by atoms with E-state index in [0.29, 0.717) is 19.1 Å². The topological polar surface area (TPSA) is 54.9 Å². The van der Waals surface area contributed by atoms with Crippen LogP contribution in [0.25, 0.3) is 0 Å². The van der Waals surface area contributed by atoms with Gasteiger partial charge in [-0.2, -0.15) is 13.2 Å². The van der Waals surface area contributed by atoms with E-state index in [-0.39, 0.29) is 17.9 Å². The van der Waals surface area contributed by atoms with Crippen LogP contribution in [0, 0.1) is 5.92 Å². The SMILES string of the molecule is CN=C(NCCCOCC1CC1)NCc1ccc(OC)cc1C(F)(F)F. The summed E-state index contributed by atoms with van der Waals surface area (Å²) in [7, 11) is 2.92. The van der Waals surface area contributed by atoms with Gasteiger partial charge in [0.2, 0.25) is 0 Å². The second-order valence-electron chi connectivity index (χ2n) is 6.25. The van der Waals surface area contributed by atoms with Gasteiger partial charge in [0.25, 0.3) is 0 Å². The molecule has 0 saturated heterocycles. The Bertz CT molecular complexity index is 602. The van der Waals surface area contributed by atoms with Crippen LogP contribution in [0.5, 0.6) is 5.75 Å². The lowest BCUT2D eigenvalue weighted by Crippen LogP contribution is -2.38. The second kappa shape index (κ2) is 9.66. The van der Waals surface area contributed by atoms with E-state index >= 15 is 0 Å². The van der Waals surface area contributed by atoms with Gasteiger partial charge in [0.15, 0.2) is 5.96 Å². The van der Waals surface area contributed by atoms with E-state index in [2.05, 4.69) is 15.6 Å². The maximum atomic E-state index is 13.2. The Morgan fingerprint density at radius 2 is 2.04 bits per heavy atom. The third-order valence-corrected chi connectivity index (χ3v) is 4.10. The van der Waals surface area contributed by atoms with Crippen LogP contribution in [0.15, 0.2) is 23.2 Å². The Morgan fingerprint density at radius 1 is 1.27 bits per heavy atom. The van der Waals surface area contributed by atoms with Crippen molar-refractivity contribution in [1.82, 2.24) is 10.6 Å². The van der Waals surface area contributed by atoms with Crippen molar-refractivity contribution in [2.75, 3.05) is 33.9 Å². The van der Waals surface area contributed by atoms with Gasteiger partial charge in [-0.25, -0.2) is 0 Å². The lowest BCUT2D eigenvalue weighted by molar-refractivity contribution is -0.138. The molecule has 26 heavy (non-hydrogen) atoms. The Kier molecular flexibility index (Phi) is 7.56. The molecule has 0 heterocycles. The number of halogens is 3. The van der Waals surface area contributed by atoms with Crippen molar-refractivity contribution in [1.29, 1.82) is 0 Å². The number of nitrogens with one attached hydrogen (secondary N) is 2. The molecule has 0 unspecified atom stereocenters. The maximum absolute atomic E-state index is 13.2. The van der Waals surface area contributed by atoms with Crippen molar-refractivity contribution >= 4 is 5.96 Å². The van der Waals surface area contributed by atoms with Crippen molar-refractivity contribution in [2.24, 2.45) is 10.9 Å². The normalized spacial score (nSPS) is 15.0. The second-order valence-corrected chi connectivity index (χ2v) is 6.25. The third-order valence-electron chi connectivity index (χ3n) is 4.10. The summed E-state index contributed by atoms with van der Waals surface area (Å²) in [4.78, 5) is 4.03. The molecule has 0 bridgehead atoms. The number of benzene rings is 1. The van der Waals surface area contributed by atoms with E-state index in [0.717, 1.165) is 25.0 Å². The molecule has 0 radical (unpaired) electrons. The minimum atomic E-state index is -4.44. The monoisotopic (exact) mass is 373 g/mol. The van der Waals surface area contributed by atoms with Crippen LogP contribution >= 0.6 is 0 Å². The van der Waals surface area contributed by atoms with Gasteiger partial charge >= 0.3 is 6.18 Å². The largest absolute Gasteiger partial charge is 0.497 e. The van der Waals surface area contributed by atoms with Crippen molar-refractivity contribution in [2.45, 2.75) is 32.0 Å². The van der Waals surface area contributed by atoms with Crippen molar-refractivity contribution < 1.29 is 22.6 Å². The minimum Gasteiger partial charge on any atom is -0.497 e. The molecule has 1 aromatic rings. The number of alkyl halides is 3. The zero-order valence-corrected chi connectivity index (χ0v) is 15.2. The first kappa shape index (κ1) is 20.4. The summed E-state index contributed by atoms with van der Waals surface area (Å²) in [5, 5.41) is 5.99. The zero-order chi connectivity index (χ0) is 19.0. The van der Waals surface area contributed by atoms with Gasteiger partial charge in [-0.1, -0.05) is 6.07 Å². The molecule has 0 aliphatic heterocycles. The predicted molar refractivity (Wildman–Crippen MR) is 94.4 cm³/mol. The highest BCUT2D eigenvalue weighted by atomic mass is 19.4. The van der Waals surface area contributed by atoms with Crippen molar-refractivity contribution in [3.05, 3.63) is 29.3 Å². The molecule has 0 amide bonds. The average molecular weight is 373 g/mol. The molecule has 8 heteroatoms. The number of rotatable bonds is 9. The first-order valence-corrected chi connectivity index (χ1v) is 8.70. The molecule has 2 rings (SSSR count). The van der Waals surface area contributed by atoms with E-state index in [1.165, 1.54) is 32.1 Å². The van der Waals surface area contributed by atoms with Crippen LogP contribution in [0.3, 0.4) is 0 Å². The maximum Gasteiger partial charge on any atom is 0.416 e. The van der Waals surface area contributed by atoms with Crippen LogP contribution in [-0.4, -0.2) is 39.9 Å². The Labute approximate surface area is 152 Å².